The summed E-state index contributed by atoms with van der Waals surface area (Å²) in [6.07, 6.45) is 12.6. The van der Waals surface area contributed by atoms with Crippen molar-refractivity contribution in [2.75, 3.05) is 13.1 Å². The summed E-state index contributed by atoms with van der Waals surface area (Å²) >= 11 is 0. The number of hydrogen-bond donors (Lipinski definition) is 2. The molecule has 0 aromatic rings. The molecular formula is C17H34N2. The fraction of sp³-hybridized carbons (Fsp3) is 1.00. The van der Waals surface area contributed by atoms with Crippen molar-refractivity contribution in [1.82, 2.24) is 10.6 Å². The number of rotatable bonds is 6. The number of hydrogen-bond acceptors (Lipinski definition) is 2. The summed E-state index contributed by atoms with van der Waals surface area (Å²) in [5.74, 6) is 1.88. The van der Waals surface area contributed by atoms with Gasteiger partial charge in [0, 0.05) is 12.1 Å². The molecule has 0 amide bonds. The molecule has 0 heterocycles. The first-order valence-corrected chi connectivity index (χ1v) is 8.71. The molecule has 0 aromatic heterocycles. The second-order valence-electron chi connectivity index (χ2n) is 7.20. The highest BCUT2D eigenvalue weighted by atomic mass is 14.9. The molecule has 0 saturated heterocycles. The van der Waals surface area contributed by atoms with Crippen molar-refractivity contribution in [2.45, 2.75) is 83.7 Å². The first kappa shape index (κ1) is 15.3. The van der Waals surface area contributed by atoms with Gasteiger partial charge in [-0.15, -0.1) is 0 Å². The predicted octanol–water partition coefficient (Wildman–Crippen LogP) is 3.71. The Kier molecular flexibility index (Phi) is 6.66. The topological polar surface area (TPSA) is 24.1 Å². The largest absolute Gasteiger partial charge is 0.314 e. The molecule has 0 aromatic carbocycles. The van der Waals surface area contributed by atoms with Crippen LogP contribution in [0, 0.1) is 11.8 Å². The summed E-state index contributed by atoms with van der Waals surface area (Å²) in [6, 6.07) is 1.61. The molecule has 0 radical (unpaired) electrons. The lowest BCUT2D eigenvalue weighted by Crippen LogP contribution is -2.37. The summed E-state index contributed by atoms with van der Waals surface area (Å²) in [5, 5.41) is 7.52. The van der Waals surface area contributed by atoms with E-state index < -0.39 is 0 Å². The van der Waals surface area contributed by atoms with Gasteiger partial charge in [0.2, 0.25) is 0 Å². The fourth-order valence-electron chi connectivity index (χ4n) is 3.94. The van der Waals surface area contributed by atoms with Crippen LogP contribution in [0.25, 0.3) is 0 Å². The third-order valence-corrected chi connectivity index (χ3v) is 5.09. The van der Waals surface area contributed by atoms with Gasteiger partial charge < -0.3 is 10.6 Å². The molecule has 4 atom stereocenters. The molecule has 2 N–H and O–H groups in total. The first-order valence-electron chi connectivity index (χ1n) is 8.71. The van der Waals surface area contributed by atoms with E-state index >= 15 is 0 Å². The molecule has 2 nitrogen and oxygen atoms in total. The van der Waals surface area contributed by atoms with Crippen molar-refractivity contribution in [3.8, 4) is 0 Å². The van der Waals surface area contributed by atoms with Gasteiger partial charge in [0.15, 0.2) is 0 Å². The smallest absolute Gasteiger partial charge is 0.00696 e. The lowest BCUT2D eigenvalue weighted by Gasteiger charge is -2.29. The van der Waals surface area contributed by atoms with E-state index in [-0.39, 0.29) is 0 Å². The van der Waals surface area contributed by atoms with Crippen LogP contribution >= 0.6 is 0 Å². The SMILES string of the molecule is CC1CCCC(NCCCNC2CCCC(C)C2)C1. The Bertz CT molecular complexity index is 217. The minimum absolute atomic E-state index is 0.804. The quantitative estimate of drug-likeness (QED) is 0.716. The summed E-state index contributed by atoms with van der Waals surface area (Å²) in [5.41, 5.74) is 0. The van der Waals surface area contributed by atoms with Crippen LogP contribution in [0.4, 0.5) is 0 Å². The molecule has 2 fully saturated rings. The highest BCUT2D eigenvalue weighted by molar-refractivity contribution is 4.77. The van der Waals surface area contributed by atoms with Gasteiger partial charge in [0.05, 0.1) is 0 Å². The van der Waals surface area contributed by atoms with E-state index in [1.165, 1.54) is 70.9 Å². The van der Waals surface area contributed by atoms with Crippen molar-refractivity contribution in [3.05, 3.63) is 0 Å². The van der Waals surface area contributed by atoms with E-state index in [1.807, 2.05) is 0 Å². The maximum absolute atomic E-state index is 3.76. The van der Waals surface area contributed by atoms with Gasteiger partial charge in [-0.3, -0.25) is 0 Å². The molecule has 2 heteroatoms. The summed E-state index contributed by atoms with van der Waals surface area (Å²) in [6.45, 7) is 7.21. The zero-order chi connectivity index (χ0) is 13.5. The second-order valence-corrected chi connectivity index (χ2v) is 7.20. The van der Waals surface area contributed by atoms with Crippen LogP contribution in [-0.2, 0) is 0 Å². The molecule has 2 rings (SSSR count). The van der Waals surface area contributed by atoms with E-state index in [0.717, 1.165) is 23.9 Å². The van der Waals surface area contributed by atoms with Gasteiger partial charge in [-0.05, 0) is 57.0 Å². The zero-order valence-electron chi connectivity index (χ0n) is 13.1. The van der Waals surface area contributed by atoms with Gasteiger partial charge >= 0.3 is 0 Å². The van der Waals surface area contributed by atoms with Crippen LogP contribution < -0.4 is 10.6 Å². The van der Waals surface area contributed by atoms with Crippen LogP contribution in [0.2, 0.25) is 0 Å². The Morgan fingerprint density at radius 3 is 1.63 bits per heavy atom. The molecule has 4 unspecified atom stereocenters. The molecule has 2 saturated carbocycles. The van der Waals surface area contributed by atoms with Crippen LogP contribution in [-0.4, -0.2) is 25.2 Å². The molecule has 0 bridgehead atoms. The third-order valence-electron chi connectivity index (χ3n) is 5.09. The van der Waals surface area contributed by atoms with Crippen LogP contribution in [0.3, 0.4) is 0 Å². The minimum atomic E-state index is 0.804. The monoisotopic (exact) mass is 266 g/mol. The minimum Gasteiger partial charge on any atom is -0.314 e. The Hall–Kier alpha value is -0.0800. The Morgan fingerprint density at radius 1 is 0.737 bits per heavy atom. The second kappa shape index (κ2) is 8.26. The van der Waals surface area contributed by atoms with Gasteiger partial charge in [-0.2, -0.15) is 0 Å². The van der Waals surface area contributed by atoms with Crippen molar-refractivity contribution in [3.63, 3.8) is 0 Å². The molecule has 19 heavy (non-hydrogen) atoms. The van der Waals surface area contributed by atoms with Crippen molar-refractivity contribution in [1.29, 1.82) is 0 Å². The van der Waals surface area contributed by atoms with Gasteiger partial charge in [0.25, 0.3) is 0 Å². The van der Waals surface area contributed by atoms with Crippen LogP contribution in [0.15, 0.2) is 0 Å². The lowest BCUT2D eigenvalue weighted by molar-refractivity contribution is 0.290. The van der Waals surface area contributed by atoms with Crippen LogP contribution in [0.1, 0.15) is 71.6 Å². The average molecular weight is 266 g/mol. The Morgan fingerprint density at radius 2 is 1.21 bits per heavy atom. The van der Waals surface area contributed by atoms with Crippen LogP contribution in [0.5, 0.6) is 0 Å². The lowest BCUT2D eigenvalue weighted by atomic mass is 9.87. The summed E-state index contributed by atoms with van der Waals surface area (Å²) in [7, 11) is 0. The third kappa shape index (κ3) is 5.83. The summed E-state index contributed by atoms with van der Waals surface area (Å²) < 4.78 is 0. The molecule has 2 aliphatic carbocycles. The molecular weight excluding hydrogens is 232 g/mol. The van der Waals surface area contributed by atoms with Crippen molar-refractivity contribution >= 4 is 0 Å². The molecule has 112 valence electrons. The normalized spacial score (nSPS) is 36.3. The van der Waals surface area contributed by atoms with Gasteiger partial charge in [-0.1, -0.05) is 39.5 Å². The Labute approximate surface area is 120 Å². The Balaban J connectivity index is 1.47. The van der Waals surface area contributed by atoms with E-state index in [1.54, 1.807) is 0 Å². The summed E-state index contributed by atoms with van der Waals surface area (Å²) in [4.78, 5) is 0. The highest BCUT2D eigenvalue weighted by Gasteiger charge is 2.19. The highest BCUT2D eigenvalue weighted by Crippen LogP contribution is 2.24. The van der Waals surface area contributed by atoms with E-state index in [0.29, 0.717) is 0 Å². The maximum Gasteiger partial charge on any atom is 0.00696 e. The van der Waals surface area contributed by atoms with Gasteiger partial charge in [-0.25, -0.2) is 0 Å². The zero-order valence-corrected chi connectivity index (χ0v) is 13.1. The van der Waals surface area contributed by atoms with Crippen molar-refractivity contribution in [2.24, 2.45) is 11.8 Å². The number of nitrogens with one attached hydrogen (secondary N) is 2. The standard InChI is InChI=1S/C17H34N2/c1-14-6-3-8-16(12-14)18-10-5-11-19-17-9-4-7-15(2)13-17/h14-19H,3-13H2,1-2H3. The molecule has 0 spiro atoms. The van der Waals surface area contributed by atoms with Gasteiger partial charge in [0.1, 0.15) is 0 Å². The fourth-order valence-corrected chi connectivity index (χ4v) is 3.94. The van der Waals surface area contributed by atoms with E-state index in [9.17, 15) is 0 Å². The van der Waals surface area contributed by atoms with Crippen molar-refractivity contribution < 1.29 is 0 Å². The molecule has 2 aliphatic rings. The average Bonchev–Trinajstić information content (AvgIpc) is 2.38. The molecule has 0 aliphatic heterocycles. The maximum atomic E-state index is 3.76. The first-order chi connectivity index (χ1) is 9.24. The predicted molar refractivity (Wildman–Crippen MR) is 83.5 cm³/mol. The van der Waals surface area contributed by atoms with E-state index in [2.05, 4.69) is 24.5 Å². The van der Waals surface area contributed by atoms with E-state index in [4.69, 9.17) is 0 Å².